The summed E-state index contributed by atoms with van der Waals surface area (Å²) in [5.74, 6) is 2.40. The van der Waals surface area contributed by atoms with Gasteiger partial charge in [-0.2, -0.15) is 0 Å². The minimum absolute atomic E-state index is 0. The maximum absolute atomic E-state index is 7.75. The summed E-state index contributed by atoms with van der Waals surface area (Å²) in [7, 11) is -2.05. The summed E-state index contributed by atoms with van der Waals surface area (Å²) in [5, 5.41) is 10.8. The van der Waals surface area contributed by atoms with Gasteiger partial charge in [-0.15, -0.1) is 11.4 Å². The van der Waals surface area contributed by atoms with E-state index < -0.39 is 15.8 Å². The number of hydrogen-bond acceptors (Lipinski definition) is 3. The third-order valence-corrected chi connectivity index (χ3v) is 11.2. The van der Waals surface area contributed by atoms with E-state index in [-0.39, 0.29) is 17.1 Å². The number of rotatable bonds is 7. The Labute approximate surface area is 256 Å². The summed E-state index contributed by atoms with van der Waals surface area (Å²) >= 11 is 0. The molecule has 0 aliphatic carbocycles. The molecule has 0 aromatic heterocycles. The SMILES string of the molecule is C1=C/C(=C/[PH+](c2ccccc2)c2ccccc2)[N-]C(C[PH+](c2ccccc2)c2ccccc2)=C1.[CH-]=O.[CH-]=O.[CH-]=O.[Mn]. The molecule has 0 amide bonds. The molecule has 209 valence electrons. The van der Waals surface area contributed by atoms with E-state index in [9.17, 15) is 0 Å². The van der Waals surface area contributed by atoms with Crippen LogP contribution in [-0.4, -0.2) is 26.5 Å². The summed E-state index contributed by atoms with van der Waals surface area (Å²) in [6.45, 7) is 9.75. The van der Waals surface area contributed by atoms with Crippen molar-refractivity contribution in [1.29, 1.82) is 0 Å². The molecule has 0 spiro atoms. The van der Waals surface area contributed by atoms with Gasteiger partial charge in [0.05, 0.1) is 38.4 Å². The van der Waals surface area contributed by atoms with E-state index >= 15 is 0 Å². The van der Waals surface area contributed by atoms with Crippen molar-refractivity contribution in [2.75, 3.05) is 6.16 Å². The minimum Gasteiger partial charge on any atom is -0.656 e. The van der Waals surface area contributed by atoms with Crippen molar-refractivity contribution in [2.24, 2.45) is 0 Å². The van der Waals surface area contributed by atoms with Crippen LogP contribution < -0.4 is 21.2 Å². The molecule has 0 saturated heterocycles. The predicted octanol–water partition coefficient (Wildman–Crippen LogP) is 5.56. The van der Waals surface area contributed by atoms with E-state index in [1.54, 1.807) is 0 Å². The summed E-state index contributed by atoms with van der Waals surface area (Å²) in [5.41, 5.74) is 2.24. The van der Waals surface area contributed by atoms with Gasteiger partial charge in [0.1, 0.15) is 10.6 Å². The summed E-state index contributed by atoms with van der Waals surface area (Å²) in [6.07, 6.45) is 7.47. The van der Waals surface area contributed by atoms with Gasteiger partial charge in [-0.3, -0.25) is 20.4 Å². The smallest absolute Gasteiger partial charge is 0.101 e. The first-order chi connectivity index (χ1) is 19.9. The number of hydrogen-bond donors (Lipinski definition) is 0. The predicted molar refractivity (Wildman–Crippen MR) is 175 cm³/mol. The van der Waals surface area contributed by atoms with Gasteiger partial charge in [-0.05, 0) is 48.5 Å². The number of allylic oxidation sites excluding steroid dienone is 4. The Morgan fingerprint density at radius 1 is 0.561 bits per heavy atom. The first-order valence-corrected chi connectivity index (χ1v) is 15.6. The van der Waals surface area contributed by atoms with Crippen molar-refractivity contribution in [3.8, 4) is 0 Å². The van der Waals surface area contributed by atoms with Gasteiger partial charge in [-0.1, -0.05) is 91.0 Å². The third-order valence-electron chi connectivity index (χ3n) is 5.89. The van der Waals surface area contributed by atoms with E-state index in [1.165, 1.54) is 21.2 Å². The van der Waals surface area contributed by atoms with Gasteiger partial charge in [0.15, 0.2) is 0 Å². The molecule has 0 unspecified atom stereocenters. The van der Waals surface area contributed by atoms with Gasteiger partial charge in [0.2, 0.25) is 0 Å². The van der Waals surface area contributed by atoms with E-state index in [0.29, 0.717) is 0 Å². The number of nitrogens with zero attached hydrogens (tertiary/aromatic N) is 1. The molecule has 4 aromatic rings. The van der Waals surface area contributed by atoms with E-state index in [4.69, 9.17) is 19.7 Å². The Kier molecular flexibility index (Phi) is 18.2. The van der Waals surface area contributed by atoms with Crippen molar-refractivity contribution in [3.63, 3.8) is 0 Å². The minimum atomic E-state index is -1.08. The van der Waals surface area contributed by atoms with Crippen LogP contribution in [0.5, 0.6) is 0 Å². The molecule has 4 nitrogen and oxygen atoms in total. The van der Waals surface area contributed by atoms with Crippen molar-refractivity contribution in [1.82, 2.24) is 0 Å². The number of carbonyl (C=O) groups excluding carboxylic acids is 3. The van der Waals surface area contributed by atoms with Crippen LogP contribution in [0.15, 0.2) is 157 Å². The normalized spacial score (nSPS) is 12.1. The fraction of sp³-hybridized carbons (Fsp3) is 0.0294. The zero-order valence-corrected chi connectivity index (χ0v) is 25.5. The largest absolute Gasteiger partial charge is 0.656 e. The summed E-state index contributed by atoms with van der Waals surface area (Å²) in [6, 6.07) is 43.5. The molecule has 0 saturated carbocycles. The van der Waals surface area contributed by atoms with E-state index in [1.807, 2.05) is 0 Å². The second kappa shape index (κ2) is 21.1. The van der Waals surface area contributed by atoms with Crippen LogP contribution >= 0.6 is 15.8 Å². The zero-order valence-electron chi connectivity index (χ0n) is 22.3. The van der Waals surface area contributed by atoms with Gasteiger partial charge < -0.3 is 19.7 Å². The molecule has 4 aromatic carbocycles. The summed E-state index contributed by atoms with van der Waals surface area (Å²) < 4.78 is 0. The van der Waals surface area contributed by atoms with Gasteiger partial charge >= 0.3 is 0 Å². The van der Waals surface area contributed by atoms with Crippen LogP contribution in [-0.2, 0) is 31.5 Å². The molecule has 7 heteroatoms. The maximum Gasteiger partial charge on any atom is 0.101 e. The molecule has 1 radical (unpaired) electrons. The molecule has 1 aliphatic heterocycles. The Hall–Kier alpha value is -3.71. The topological polar surface area (TPSA) is 65.3 Å². The van der Waals surface area contributed by atoms with Crippen molar-refractivity contribution < 1.29 is 31.5 Å². The molecule has 0 bridgehead atoms. The Morgan fingerprint density at radius 3 is 1.32 bits per heavy atom. The van der Waals surface area contributed by atoms with Gasteiger partial charge in [0.25, 0.3) is 0 Å². The fourth-order valence-corrected chi connectivity index (χ4v) is 8.94. The molecule has 41 heavy (non-hydrogen) atoms. The maximum atomic E-state index is 7.75. The van der Waals surface area contributed by atoms with Crippen LogP contribution in [0.2, 0.25) is 0 Å². The van der Waals surface area contributed by atoms with Crippen LogP contribution in [0.3, 0.4) is 0 Å². The fourth-order valence-electron chi connectivity index (χ4n) is 4.22. The van der Waals surface area contributed by atoms with Crippen molar-refractivity contribution in [3.05, 3.63) is 162 Å². The van der Waals surface area contributed by atoms with Crippen LogP contribution in [0.25, 0.3) is 5.32 Å². The summed E-state index contributed by atoms with van der Waals surface area (Å²) in [4.78, 5) is 23.2. The molecule has 1 aliphatic rings. The second-order valence-electron chi connectivity index (χ2n) is 8.23. The van der Waals surface area contributed by atoms with E-state index in [0.717, 1.165) is 17.6 Å². The quantitative estimate of drug-likeness (QED) is 0.118. The molecule has 1 heterocycles. The zero-order chi connectivity index (χ0) is 29.0. The van der Waals surface area contributed by atoms with Crippen molar-refractivity contribution in [2.45, 2.75) is 0 Å². The standard InChI is InChI=1S/C31H26NP2.3CHO.Mn/c1-5-16-28(17-6-1)33(29-18-7-2-8-19-29)24-26-14-13-15-27(32-26)25-34(30-20-9-3-10-21-30)31-22-11-4-12-23-31;3*1-2;/h1-24H,25H2;3*1H;/q4*-1;/p+2/b26-24-;;;;. The monoisotopic (exact) mass is 618 g/mol. The first kappa shape index (κ1) is 35.3. The Bertz CT molecular complexity index is 1270. The third kappa shape index (κ3) is 11.0. The average molecular weight is 619 g/mol. The van der Waals surface area contributed by atoms with Crippen molar-refractivity contribution >= 4 is 57.4 Å². The van der Waals surface area contributed by atoms with Crippen LogP contribution in [0.1, 0.15) is 0 Å². The van der Waals surface area contributed by atoms with Gasteiger partial charge in [-0.25, -0.2) is 0 Å². The molecule has 0 fully saturated rings. The Morgan fingerprint density at radius 2 is 0.927 bits per heavy atom. The van der Waals surface area contributed by atoms with Crippen LogP contribution in [0, 0.1) is 0 Å². The first-order valence-electron chi connectivity index (χ1n) is 12.3. The average Bonchev–Trinajstić information content (AvgIpc) is 3.07. The molecular weight excluding hydrogens is 587 g/mol. The van der Waals surface area contributed by atoms with E-state index in [2.05, 4.69) is 166 Å². The molecule has 5 rings (SSSR count). The number of benzene rings is 4. The van der Waals surface area contributed by atoms with Gasteiger partial charge in [0, 0.05) is 17.1 Å². The second-order valence-corrected chi connectivity index (χ2v) is 13.0. The van der Waals surface area contributed by atoms with Crippen LogP contribution in [0.4, 0.5) is 0 Å². The molecular formula is C34H31MnNO3P2-2. The Balaban J connectivity index is 0.00000113. The molecule has 0 atom stereocenters. The molecule has 0 N–H and O–H groups in total.